The van der Waals surface area contributed by atoms with Crippen molar-refractivity contribution in [3.05, 3.63) is 105 Å². The standard InChI is InChI=1S/C58H89BN2S/c1-19-24-43(54(9,10)22-4)36-47-40(8)61(44-30-27-42(28-31-44)56(13,14)33-32-39(6)7)49(25-20-2)48-38-60(45-29-26-41(21-3)46(37-45)55(11,12)23-5)51-50-52(62-53(51)59(47)48)58(17,18)35-34-57(50,15)16/h20,25-31,36-37,39,50-53H,19,21-24,32-35,38H2,1-18H3/b25-20-,43-36+. The van der Waals surface area contributed by atoms with Gasteiger partial charge in [-0.05, 0) is 145 Å². The van der Waals surface area contributed by atoms with Gasteiger partial charge in [0.25, 0.3) is 0 Å². The normalized spacial score (nSPS) is 24.4. The average Bonchev–Trinajstić information content (AvgIpc) is 3.66. The zero-order valence-corrected chi connectivity index (χ0v) is 43.9. The van der Waals surface area contributed by atoms with E-state index in [9.17, 15) is 0 Å². The molecule has 0 radical (unpaired) electrons. The molecule has 0 bridgehead atoms. The maximum Gasteiger partial charge on any atom is 0.227 e. The molecule has 1 aliphatic carbocycles. The van der Waals surface area contributed by atoms with Crippen LogP contribution in [0.5, 0.6) is 0 Å². The van der Waals surface area contributed by atoms with Crippen molar-refractivity contribution in [1.82, 2.24) is 0 Å². The zero-order valence-electron chi connectivity index (χ0n) is 43.1. The summed E-state index contributed by atoms with van der Waals surface area (Å²) < 4.78 is 0. The number of fused-ring (bicyclic) bond motifs is 5. The number of benzene rings is 2. The van der Waals surface area contributed by atoms with E-state index < -0.39 is 0 Å². The number of hydrogen-bond acceptors (Lipinski definition) is 3. The Balaban J connectivity index is 1.65. The predicted molar refractivity (Wildman–Crippen MR) is 279 cm³/mol. The van der Waals surface area contributed by atoms with Crippen LogP contribution >= 0.6 is 11.8 Å². The Morgan fingerprint density at radius 1 is 0.871 bits per heavy atom. The quantitative estimate of drug-likeness (QED) is 0.165. The molecule has 4 aliphatic rings. The van der Waals surface area contributed by atoms with Crippen LogP contribution in [0.1, 0.15) is 193 Å². The van der Waals surface area contributed by atoms with Gasteiger partial charge in [-0.15, -0.1) is 0 Å². The van der Waals surface area contributed by atoms with Crippen molar-refractivity contribution in [2.75, 3.05) is 16.3 Å². The molecule has 2 aromatic carbocycles. The summed E-state index contributed by atoms with van der Waals surface area (Å²) in [5.74, 6) is 1.31. The Kier molecular flexibility index (Phi) is 14.5. The number of anilines is 2. The molecule has 2 aromatic rings. The lowest BCUT2D eigenvalue weighted by Gasteiger charge is -2.55. The largest absolute Gasteiger partial charge is 0.364 e. The summed E-state index contributed by atoms with van der Waals surface area (Å²) >= 11 is 2.40. The molecule has 3 fully saturated rings. The fourth-order valence-corrected chi connectivity index (χ4v) is 14.3. The molecule has 2 nitrogen and oxygen atoms in total. The molecule has 0 spiro atoms. The van der Waals surface area contributed by atoms with E-state index in [2.05, 4.69) is 207 Å². The molecular weight excluding hydrogens is 768 g/mol. The van der Waals surface area contributed by atoms with Gasteiger partial charge in [-0.25, -0.2) is 0 Å². The molecule has 2 saturated heterocycles. The SMILES string of the molecule is C/C=C\C1=C2CN(c3ccc(CC)c(C(C)(C)CC)c3)C3C(SC4C3C(C)(C)CCC4(C)C)B2C(/C=C(\CCC)C(C)(C)CC)=C(C)N1c1ccc(C(C)(C)CCC(C)C)cc1. The average molecular weight is 857 g/mol. The first-order chi connectivity index (χ1) is 29.0. The Morgan fingerprint density at radius 3 is 2.10 bits per heavy atom. The maximum absolute atomic E-state index is 2.97. The van der Waals surface area contributed by atoms with E-state index in [1.165, 1.54) is 66.0 Å². The van der Waals surface area contributed by atoms with Gasteiger partial charge in [0.1, 0.15) is 0 Å². The molecule has 0 amide bonds. The van der Waals surface area contributed by atoms with E-state index in [1.807, 2.05) is 0 Å². The van der Waals surface area contributed by atoms with Crippen LogP contribution in [0, 0.1) is 28.1 Å². The van der Waals surface area contributed by atoms with Gasteiger partial charge in [-0.2, -0.15) is 11.8 Å². The smallest absolute Gasteiger partial charge is 0.227 e. The highest BCUT2D eigenvalue weighted by Gasteiger charge is 2.64. The molecule has 1 saturated carbocycles. The highest BCUT2D eigenvalue weighted by molar-refractivity contribution is 8.02. The number of rotatable bonds is 15. The first-order valence-corrected chi connectivity index (χ1v) is 26.2. The molecule has 0 aromatic heterocycles. The van der Waals surface area contributed by atoms with Gasteiger partial charge in [-0.1, -0.05) is 170 Å². The predicted octanol–water partition coefficient (Wildman–Crippen LogP) is 16.7. The topological polar surface area (TPSA) is 6.48 Å². The minimum Gasteiger partial charge on any atom is -0.364 e. The zero-order chi connectivity index (χ0) is 45.7. The van der Waals surface area contributed by atoms with E-state index in [4.69, 9.17) is 0 Å². The molecular formula is C58H89BN2S. The van der Waals surface area contributed by atoms with Crippen molar-refractivity contribution in [3.63, 3.8) is 0 Å². The van der Waals surface area contributed by atoms with Crippen molar-refractivity contribution in [1.29, 1.82) is 0 Å². The van der Waals surface area contributed by atoms with Crippen LogP contribution in [0.15, 0.2) is 88.6 Å². The molecule has 4 unspecified atom stereocenters. The van der Waals surface area contributed by atoms with Crippen LogP contribution in [0.4, 0.5) is 11.4 Å². The first-order valence-electron chi connectivity index (χ1n) is 25.2. The number of hydrogen-bond donors (Lipinski definition) is 0. The summed E-state index contributed by atoms with van der Waals surface area (Å²) in [4.78, 5) is 5.65. The molecule has 3 aliphatic heterocycles. The lowest BCUT2D eigenvalue weighted by molar-refractivity contribution is 0.0561. The third-order valence-corrected chi connectivity index (χ3v) is 19.2. The molecule has 4 heteroatoms. The molecule has 3 heterocycles. The summed E-state index contributed by atoms with van der Waals surface area (Å²) in [5, 5.41) is 1.05. The van der Waals surface area contributed by atoms with Gasteiger partial charge in [0.05, 0.1) is 0 Å². The Labute approximate surface area is 387 Å². The first kappa shape index (κ1) is 48.9. The number of aryl methyl sites for hydroxylation is 1. The summed E-state index contributed by atoms with van der Waals surface area (Å²) in [6.07, 6.45) is 18.3. The maximum atomic E-state index is 2.97. The van der Waals surface area contributed by atoms with Crippen LogP contribution in [0.3, 0.4) is 0 Å². The van der Waals surface area contributed by atoms with E-state index in [-0.39, 0.29) is 27.1 Å². The van der Waals surface area contributed by atoms with Crippen molar-refractivity contribution < 1.29 is 0 Å². The Bertz CT molecular complexity index is 2040. The number of thioether (sulfide) groups is 1. The second kappa shape index (κ2) is 18.4. The third-order valence-electron chi connectivity index (χ3n) is 17.1. The second-order valence-corrected chi connectivity index (χ2v) is 25.2. The Hall–Kier alpha value is -2.59. The van der Waals surface area contributed by atoms with Crippen molar-refractivity contribution in [2.45, 2.75) is 210 Å². The summed E-state index contributed by atoms with van der Waals surface area (Å²) in [6, 6.07) is 17.9. The molecule has 0 N–H and O–H groups in total. The second-order valence-electron chi connectivity index (χ2n) is 23.9. The van der Waals surface area contributed by atoms with E-state index in [1.54, 1.807) is 22.1 Å². The van der Waals surface area contributed by atoms with E-state index in [0.717, 1.165) is 32.2 Å². The van der Waals surface area contributed by atoms with Crippen LogP contribution in [-0.4, -0.2) is 29.7 Å². The van der Waals surface area contributed by atoms with Gasteiger partial charge in [0, 0.05) is 45.8 Å². The van der Waals surface area contributed by atoms with Crippen LogP contribution in [0.2, 0.25) is 0 Å². The fraction of sp³-hybridized carbons (Fsp3) is 0.655. The molecule has 62 heavy (non-hydrogen) atoms. The van der Waals surface area contributed by atoms with E-state index >= 15 is 0 Å². The molecule has 340 valence electrons. The van der Waals surface area contributed by atoms with Gasteiger partial charge in [0.2, 0.25) is 6.71 Å². The van der Waals surface area contributed by atoms with Crippen molar-refractivity contribution in [3.8, 4) is 0 Å². The molecule has 4 atom stereocenters. The van der Waals surface area contributed by atoms with E-state index in [0.29, 0.717) is 35.0 Å². The van der Waals surface area contributed by atoms with Gasteiger partial charge >= 0.3 is 0 Å². The summed E-state index contributed by atoms with van der Waals surface area (Å²) in [7, 11) is 0. The lowest BCUT2D eigenvalue weighted by Crippen LogP contribution is -2.62. The van der Waals surface area contributed by atoms with Crippen LogP contribution in [0.25, 0.3) is 0 Å². The summed E-state index contributed by atoms with van der Waals surface area (Å²) in [6.45, 7) is 45.5. The summed E-state index contributed by atoms with van der Waals surface area (Å²) in [5.41, 5.74) is 15.7. The number of allylic oxidation sites excluding steroid dienone is 6. The van der Waals surface area contributed by atoms with Gasteiger partial charge in [0.15, 0.2) is 0 Å². The minimum absolute atomic E-state index is 0.115. The van der Waals surface area contributed by atoms with Crippen molar-refractivity contribution in [2.24, 2.45) is 28.1 Å². The highest BCUT2D eigenvalue weighted by atomic mass is 32.2. The lowest BCUT2D eigenvalue weighted by atomic mass is 9.32. The monoisotopic (exact) mass is 857 g/mol. The molecule has 6 rings (SSSR count). The third kappa shape index (κ3) is 9.14. The fourth-order valence-electron chi connectivity index (χ4n) is 11.9. The van der Waals surface area contributed by atoms with Gasteiger partial charge in [-0.3, -0.25) is 0 Å². The number of nitrogens with zero attached hydrogens (tertiary/aromatic N) is 2. The van der Waals surface area contributed by atoms with Gasteiger partial charge < -0.3 is 9.80 Å². The van der Waals surface area contributed by atoms with Crippen LogP contribution in [-0.2, 0) is 17.3 Å². The van der Waals surface area contributed by atoms with Crippen molar-refractivity contribution >= 4 is 29.8 Å². The van der Waals surface area contributed by atoms with Crippen LogP contribution < -0.4 is 9.80 Å². The Morgan fingerprint density at radius 2 is 1.52 bits per heavy atom. The highest BCUT2D eigenvalue weighted by Crippen LogP contribution is 2.64. The minimum atomic E-state index is 0.115.